The van der Waals surface area contributed by atoms with Crippen LogP contribution >= 0.6 is 11.3 Å². The summed E-state index contributed by atoms with van der Waals surface area (Å²) in [6.45, 7) is 11.8. The zero-order valence-corrected chi connectivity index (χ0v) is 20.9. The highest BCUT2D eigenvalue weighted by Crippen LogP contribution is 2.44. The van der Waals surface area contributed by atoms with Gasteiger partial charge in [0.25, 0.3) is 5.70 Å². The zero-order valence-electron chi connectivity index (χ0n) is 20.1. The molecule has 2 heterocycles. The topological polar surface area (TPSA) is 114 Å². The van der Waals surface area contributed by atoms with E-state index in [0.29, 0.717) is 22.1 Å². The molecule has 9 nitrogen and oxygen atoms in total. The molecular weight excluding hydrogens is 444 g/mol. The molecule has 0 saturated heterocycles. The summed E-state index contributed by atoms with van der Waals surface area (Å²) in [5.41, 5.74) is 2.04. The van der Waals surface area contributed by atoms with E-state index in [2.05, 4.69) is 31.2 Å². The number of nitro groups is 1. The number of hydrogen-bond acceptors (Lipinski definition) is 8. The van der Waals surface area contributed by atoms with E-state index in [9.17, 15) is 19.7 Å². The number of carbonyl (C=O) groups is 2. The fourth-order valence-corrected chi connectivity index (χ4v) is 5.75. The van der Waals surface area contributed by atoms with Crippen LogP contribution in [-0.4, -0.2) is 47.2 Å². The molecule has 1 aliphatic heterocycles. The number of anilines is 1. The predicted octanol–water partition coefficient (Wildman–Crippen LogP) is 4.25. The molecule has 2 atom stereocenters. The van der Waals surface area contributed by atoms with Gasteiger partial charge in [-0.3, -0.25) is 19.9 Å². The summed E-state index contributed by atoms with van der Waals surface area (Å²) >= 11 is 1.43. The van der Waals surface area contributed by atoms with Gasteiger partial charge in [0.2, 0.25) is 5.91 Å². The van der Waals surface area contributed by atoms with Gasteiger partial charge in [0.15, 0.2) is 0 Å². The number of thiophene rings is 1. The summed E-state index contributed by atoms with van der Waals surface area (Å²) in [6, 6.07) is -0.649. The standard InChI is InChI=1S/C23H32N4O5S/c1-7-32-22(29)19-16-9-8-15(23(4,5)6)10-17(16)33-21(19)25-18(28)12-26-14(3)20(27(30)31)13(2)11-24-26/h11,14-15H,7-10,12H2,1-6H3,(H,25,28)/t14-,15+/m0/s1. The van der Waals surface area contributed by atoms with Gasteiger partial charge < -0.3 is 10.1 Å². The largest absolute Gasteiger partial charge is 0.462 e. The Morgan fingerprint density at radius 2 is 2.09 bits per heavy atom. The van der Waals surface area contributed by atoms with Crippen molar-refractivity contribution in [1.82, 2.24) is 5.01 Å². The fraction of sp³-hybridized carbons (Fsp3) is 0.609. The first-order chi connectivity index (χ1) is 15.4. The number of hydrogen-bond donors (Lipinski definition) is 1. The van der Waals surface area contributed by atoms with Gasteiger partial charge in [0.05, 0.1) is 23.3 Å². The van der Waals surface area contributed by atoms with E-state index in [1.54, 1.807) is 20.8 Å². The van der Waals surface area contributed by atoms with Crippen molar-refractivity contribution in [3.63, 3.8) is 0 Å². The van der Waals surface area contributed by atoms with E-state index in [1.165, 1.54) is 22.6 Å². The Bertz CT molecular complexity index is 1020. The number of nitrogens with zero attached hydrogens (tertiary/aromatic N) is 3. The number of carbonyl (C=O) groups excluding carboxylic acids is 2. The average Bonchev–Trinajstić information content (AvgIpc) is 3.06. The number of nitrogens with one attached hydrogen (secondary N) is 1. The molecule has 1 aromatic heterocycles. The van der Waals surface area contributed by atoms with E-state index >= 15 is 0 Å². The van der Waals surface area contributed by atoms with Gasteiger partial charge in [-0.1, -0.05) is 20.8 Å². The number of hydrazone groups is 1. The van der Waals surface area contributed by atoms with E-state index < -0.39 is 22.8 Å². The second-order valence-corrected chi connectivity index (χ2v) is 10.7. The Balaban J connectivity index is 1.82. The molecule has 3 rings (SSSR count). The molecule has 1 aliphatic carbocycles. The number of ether oxygens (including phenoxy) is 1. The first-order valence-electron chi connectivity index (χ1n) is 11.2. The second-order valence-electron chi connectivity index (χ2n) is 9.63. The molecule has 1 aromatic rings. The number of allylic oxidation sites excluding steroid dienone is 1. The molecule has 0 fully saturated rings. The quantitative estimate of drug-likeness (QED) is 0.373. The van der Waals surface area contributed by atoms with Crippen LogP contribution in [0.3, 0.4) is 0 Å². The van der Waals surface area contributed by atoms with Gasteiger partial charge in [0, 0.05) is 10.5 Å². The van der Waals surface area contributed by atoms with E-state index in [4.69, 9.17) is 4.74 Å². The number of amides is 1. The maximum absolute atomic E-state index is 12.9. The number of rotatable bonds is 6. The zero-order chi connectivity index (χ0) is 24.5. The highest BCUT2D eigenvalue weighted by Gasteiger charge is 2.35. The van der Waals surface area contributed by atoms with Gasteiger partial charge in [-0.05, 0) is 56.9 Å². The van der Waals surface area contributed by atoms with Crippen molar-refractivity contribution >= 4 is 34.4 Å². The van der Waals surface area contributed by atoms with Crippen LogP contribution in [0.4, 0.5) is 5.00 Å². The van der Waals surface area contributed by atoms with Crippen LogP contribution in [0.2, 0.25) is 0 Å². The normalized spacial score (nSPS) is 20.5. The van der Waals surface area contributed by atoms with Gasteiger partial charge in [-0.25, -0.2) is 4.79 Å². The summed E-state index contributed by atoms with van der Waals surface area (Å²) in [4.78, 5) is 37.7. The third-order valence-corrected chi connectivity index (χ3v) is 7.54. The monoisotopic (exact) mass is 476 g/mol. The van der Waals surface area contributed by atoms with Gasteiger partial charge >= 0.3 is 5.97 Å². The lowest BCUT2D eigenvalue weighted by Crippen LogP contribution is -2.40. The van der Waals surface area contributed by atoms with Crippen molar-refractivity contribution < 1.29 is 19.2 Å². The third-order valence-electron chi connectivity index (χ3n) is 6.37. The predicted molar refractivity (Wildman–Crippen MR) is 128 cm³/mol. The molecule has 0 bridgehead atoms. The Hall–Kier alpha value is -2.75. The van der Waals surface area contributed by atoms with Gasteiger partial charge in [-0.2, -0.15) is 5.10 Å². The molecular formula is C23H32N4O5S. The minimum atomic E-state index is -0.649. The van der Waals surface area contributed by atoms with Crippen molar-refractivity contribution in [3.8, 4) is 0 Å². The Morgan fingerprint density at radius 3 is 2.70 bits per heavy atom. The minimum Gasteiger partial charge on any atom is -0.462 e. The molecule has 0 aromatic carbocycles. The van der Waals surface area contributed by atoms with Crippen LogP contribution in [0, 0.1) is 21.4 Å². The molecule has 10 heteroatoms. The Labute approximate surface area is 198 Å². The number of esters is 1. The minimum absolute atomic E-state index is 0.0184. The van der Waals surface area contributed by atoms with Crippen LogP contribution in [0.15, 0.2) is 16.4 Å². The van der Waals surface area contributed by atoms with Gasteiger partial charge in [-0.15, -0.1) is 11.3 Å². The van der Waals surface area contributed by atoms with Crippen molar-refractivity contribution in [2.24, 2.45) is 16.4 Å². The summed E-state index contributed by atoms with van der Waals surface area (Å²) in [5.74, 6) is -0.336. The smallest absolute Gasteiger partial charge is 0.341 e. The van der Waals surface area contributed by atoms with Crippen molar-refractivity contribution in [2.75, 3.05) is 18.5 Å². The molecule has 33 heavy (non-hydrogen) atoms. The molecule has 0 radical (unpaired) electrons. The Kier molecular flexibility index (Phi) is 7.26. The molecule has 0 spiro atoms. The summed E-state index contributed by atoms with van der Waals surface area (Å²) in [7, 11) is 0. The highest BCUT2D eigenvalue weighted by molar-refractivity contribution is 7.17. The lowest BCUT2D eigenvalue weighted by atomic mass is 9.72. The summed E-state index contributed by atoms with van der Waals surface area (Å²) in [5, 5.41) is 20.3. The Morgan fingerprint density at radius 1 is 1.39 bits per heavy atom. The molecule has 0 saturated carbocycles. The fourth-order valence-electron chi connectivity index (χ4n) is 4.42. The highest BCUT2D eigenvalue weighted by atomic mass is 32.1. The van der Waals surface area contributed by atoms with Crippen molar-refractivity contribution in [2.45, 2.75) is 66.8 Å². The van der Waals surface area contributed by atoms with Crippen LogP contribution in [0.1, 0.15) is 68.8 Å². The maximum atomic E-state index is 12.9. The first kappa shape index (κ1) is 24.9. The van der Waals surface area contributed by atoms with Crippen molar-refractivity contribution in [1.29, 1.82) is 0 Å². The SMILES string of the molecule is CCOC(=O)c1c(NC(=O)CN2N=CC(C)=C([N+](=O)[O-])[C@@H]2C)sc2c1CC[C@@H](C(C)(C)C)C2. The lowest BCUT2D eigenvalue weighted by molar-refractivity contribution is -0.433. The molecule has 1 N–H and O–H groups in total. The summed E-state index contributed by atoms with van der Waals surface area (Å²) in [6.07, 6.45) is 3.99. The van der Waals surface area contributed by atoms with Crippen LogP contribution in [-0.2, 0) is 22.4 Å². The molecule has 0 unspecified atom stereocenters. The van der Waals surface area contributed by atoms with E-state index in [0.717, 1.165) is 29.7 Å². The van der Waals surface area contributed by atoms with Crippen LogP contribution in [0.5, 0.6) is 0 Å². The average molecular weight is 477 g/mol. The van der Waals surface area contributed by atoms with Crippen LogP contribution < -0.4 is 5.32 Å². The first-order valence-corrected chi connectivity index (χ1v) is 12.0. The summed E-state index contributed by atoms with van der Waals surface area (Å²) < 4.78 is 5.29. The third kappa shape index (κ3) is 5.26. The van der Waals surface area contributed by atoms with Crippen LogP contribution in [0.25, 0.3) is 0 Å². The van der Waals surface area contributed by atoms with E-state index in [-0.39, 0.29) is 24.3 Å². The van der Waals surface area contributed by atoms with E-state index in [1.807, 2.05) is 0 Å². The molecule has 1 amide bonds. The van der Waals surface area contributed by atoms with Crippen molar-refractivity contribution in [3.05, 3.63) is 37.4 Å². The lowest BCUT2D eigenvalue weighted by Gasteiger charge is -2.33. The second kappa shape index (κ2) is 9.62. The molecule has 180 valence electrons. The van der Waals surface area contributed by atoms with Gasteiger partial charge in [0.1, 0.15) is 17.6 Å². The molecule has 2 aliphatic rings. The maximum Gasteiger partial charge on any atom is 0.341 e. The number of fused-ring (bicyclic) bond motifs is 1.